The molecule has 0 atom stereocenters. The van der Waals surface area contributed by atoms with Gasteiger partial charge in [0.2, 0.25) is 10.0 Å². The van der Waals surface area contributed by atoms with Gasteiger partial charge in [0.25, 0.3) is 11.8 Å². The van der Waals surface area contributed by atoms with Crippen LogP contribution in [-0.2, 0) is 26.2 Å². The van der Waals surface area contributed by atoms with Crippen molar-refractivity contribution in [3.8, 4) is 11.7 Å². The largest absolute Gasteiger partial charge is 0.459 e. The van der Waals surface area contributed by atoms with Crippen molar-refractivity contribution < 1.29 is 26.8 Å². The van der Waals surface area contributed by atoms with E-state index >= 15 is 0 Å². The number of carbonyl (C=O) groups excluding carboxylic acids is 1. The van der Waals surface area contributed by atoms with Gasteiger partial charge in [-0.25, -0.2) is 13.1 Å². The lowest BCUT2D eigenvalue weighted by atomic mass is 10.1. The Morgan fingerprint density at radius 3 is 2.55 bits per heavy atom. The first-order chi connectivity index (χ1) is 13.8. The molecule has 0 aliphatic rings. The average Bonchev–Trinajstić information content (AvgIpc) is 3.30. The highest BCUT2D eigenvalue weighted by molar-refractivity contribution is 7.89. The van der Waals surface area contributed by atoms with Gasteiger partial charge in [0.15, 0.2) is 12.4 Å². The summed E-state index contributed by atoms with van der Waals surface area (Å²) in [4.78, 5) is 12.1. The summed E-state index contributed by atoms with van der Waals surface area (Å²) in [6.07, 6.45) is 1.34. The first kappa shape index (κ1) is 20.7. The second-order valence-corrected chi connectivity index (χ2v) is 8.22. The zero-order valence-corrected chi connectivity index (χ0v) is 17.1. The zero-order valence-electron chi connectivity index (χ0n) is 16.3. The van der Waals surface area contributed by atoms with Gasteiger partial charge in [0, 0.05) is 6.54 Å². The van der Waals surface area contributed by atoms with Crippen molar-refractivity contribution in [1.82, 2.24) is 14.9 Å². The SMILES string of the molecule is Cc1cc(C)c(S(=O)(=O)NCCC(=O)OCc2nnc(-c3ccco3)o2)c(C)c1. The molecule has 0 fully saturated rings. The van der Waals surface area contributed by atoms with E-state index in [2.05, 4.69) is 14.9 Å². The predicted octanol–water partition coefficient (Wildman–Crippen LogP) is 2.67. The number of furan rings is 1. The van der Waals surface area contributed by atoms with E-state index in [1.165, 1.54) is 6.26 Å². The second kappa shape index (κ2) is 8.58. The van der Waals surface area contributed by atoms with Gasteiger partial charge in [0.1, 0.15) is 0 Å². The molecule has 2 heterocycles. The molecule has 0 aliphatic carbocycles. The van der Waals surface area contributed by atoms with Crippen LogP contribution in [0.1, 0.15) is 29.0 Å². The summed E-state index contributed by atoms with van der Waals surface area (Å²) in [7, 11) is -3.73. The van der Waals surface area contributed by atoms with Crippen LogP contribution >= 0.6 is 0 Å². The number of hydrogen-bond acceptors (Lipinski definition) is 8. The molecule has 29 heavy (non-hydrogen) atoms. The molecule has 0 amide bonds. The van der Waals surface area contributed by atoms with Gasteiger partial charge in [-0.1, -0.05) is 17.7 Å². The van der Waals surface area contributed by atoms with E-state index in [4.69, 9.17) is 13.6 Å². The fraction of sp³-hybridized carbons (Fsp3) is 0.316. The van der Waals surface area contributed by atoms with E-state index < -0.39 is 16.0 Å². The number of nitrogens with zero attached hydrogens (tertiary/aromatic N) is 2. The summed E-state index contributed by atoms with van der Waals surface area (Å²) in [6.45, 7) is 5.08. The number of sulfonamides is 1. The molecule has 10 heteroatoms. The standard InChI is InChI=1S/C19H21N3O6S/c1-12-9-13(2)18(14(3)10-12)29(24,25)20-7-6-17(23)27-11-16-21-22-19(28-16)15-5-4-8-26-15/h4-5,8-10,20H,6-7,11H2,1-3H3. The molecule has 3 rings (SSSR count). The van der Waals surface area contributed by atoms with Gasteiger partial charge in [-0.05, 0) is 44.0 Å². The van der Waals surface area contributed by atoms with Gasteiger partial charge in [-0.3, -0.25) is 4.79 Å². The van der Waals surface area contributed by atoms with Crippen LogP contribution in [0.25, 0.3) is 11.7 Å². The molecule has 154 valence electrons. The molecule has 9 nitrogen and oxygen atoms in total. The maximum Gasteiger partial charge on any atom is 0.307 e. The quantitative estimate of drug-likeness (QED) is 0.553. The second-order valence-electron chi connectivity index (χ2n) is 6.51. The van der Waals surface area contributed by atoms with Gasteiger partial charge in [0.05, 0.1) is 17.6 Å². The Hall–Kier alpha value is -2.98. The van der Waals surface area contributed by atoms with Crippen LogP contribution < -0.4 is 4.72 Å². The number of ether oxygens (including phenoxy) is 1. The molecule has 1 N–H and O–H groups in total. The maximum atomic E-state index is 12.6. The van der Waals surface area contributed by atoms with E-state index in [1.807, 2.05) is 6.92 Å². The Morgan fingerprint density at radius 2 is 1.90 bits per heavy atom. The molecule has 3 aromatic rings. The molecule has 0 saturated carbocycles. The lowest BCUT2D eigenvalue weighted by Gasteiger charge is -2.13. The summed E-state index contributed by atoms with van der Waals surface area (Å²) in [5, 5.41) is 7.56. The maximum absolute atomic E-state index is 12.6. The van der Waals surface area contributed by atoms with Gasteiger partial charge >= 0.3 is 5.97 Å². The zero-order chi connectivity index (χ0) is 21.0. The van der Waals surface area contributed by atoms with Crippen LogP contribution in [0.5, 0.6) is 0 Å². The normalized spacial score (nSPS) is 11.6. The Bertz CT molecular complexity index is 1080. The topological polar surface area (TPSA) is 125 Å². The van der Waals surface area contributed by atoms with Crippen LogP contribution in [-0.4, -0.2) is 31.1 Å². The molecule has 0 bridgehead atoms. The van der Waals surface area contributed by atoms with Gasteiger partial charge in [-0.15, -0.1) is 10.2 Å². The van der Waals surface area contributed by atoms with Crippen LogP contribution in [0.4, 0.5) is 0 Å². The third kappa shape index (κ3) is 5.09. The molecule has 1 aromatic carbocycles. The summed E-state index contributed by atoms with van der Waals surface area (Å²) in [5.74, 6) is 0.0999. The van der Waals surface area contributed by atoms with Crippen LogP contribution in [0.15, 0.2) is 44.3 Å². The lowest BCUT2D eigenvalue weighted by Crippen LogP contribution is -2.28. The fourth-order valence-electron chi connectivity index (χ4n) is 2.98. The first-order valence-corrected chi connectivity index (χ1v) is 10.3. The van der Waals surface area contributed by atoms with E-state index in [-0.39, 0.29) is 36.2 Å². The molecule has 0 aliphatic heterocycles. The van der Waals surface area contributed by atoms with Gasteiger partial charge < -0.3 is 13.6 Å². The minimum atomic E-state index is -3.73. The Morgan fingerprint density at radius 1 is 1.17 bits per heavy atom. The lowest BCUT2D eigenvalue weighted by molar-refractivity contribution is -0.145. The van der Waals surface area contributed by atoms with Crippen molar-refractivity contribution in [2.24, 2.45) is 0 Å². The highest BCUT2D eigenvalue weighted by Gasteiger charge is 2.20. The molecular formula is C19H21N3O6S. The van der Waals surface area contributed by atoms with Crippen LogP contribution in [0.3, 0.4) is 0 Å². The van der Waals surface area contributed by atoms with Crippen molar-refractivity contribution in [3.05, 3.63) is 53.1 Å². The summed E-state index contributed by atoms with van der Waals surface area (Å²) in [5.41, 5.74) is 2.29. The van der Waals surface area contributed by atoms with Crippen molar-refractivity contribution in [1.29, 1.82) is 0 Å². The van der Waals surface area contributed by atoms with E-state index in [1.54, 1.807) is 38.1 Å². The predicted molar refractivity (Wildman–Crippen MR) is 102 cm³/mol. The van der Waals surface area contributed by atoms with Crippen molar-refractivity contribution in [3.63, 3.8) is 0 Å². The molecular weight excluding hydrogens is 398 g/mol. The van der Waals surface area contributed by atoms with Crippen LogP contribution in [0.2, 0.25) is 0 Å². The number of rotatable bonds is 8. The molecule has 0 unspecified atom stereocenters. The van der Waals surface area contributed by atoms with Crippen molar-refractivity contribution in [2.75, 3.05) is 6.54 Å². The van der Waals surface area contributed by atoms with Crippen molar-refractivity contribution >= 4 is 16.0 Å². The minimum absolute atomic E-state index is 0.0879. The monoisotopic (exact) mass is 419 g/mol. The summed E-state index contributed by atoms with van der Waals surface area (Å²) in [6, 6.07) is 6.95. The van der Waals surface area contributed by atoms with Gasteiger partial charge in [-0.2, -0.15) is 0 Å². The Balaban J connectivity index is 1.50. The minimum Gasteiger partial charge on any atom is -0.459 e. The molecule has 2 aromatic heterocycles. The number of hydrogen-bond donors (Lipinski definition) is 1. The molecule has 0 spiro atoms. The van der Waals surface area contributed by atoms with E-state index in [0.717, 1.165) is 5.56 Å². The Labute approximate surface area is 168 Å². The number of benzene rings is 1. The average molecular weight is 419 g/mol. The Kier molecular flexibility index (Phi) is 6.14. The van der Waals surface area contributed by atoms with Crippen molar-refractivity contribution in [2.45, 2.75) is 38.7 Å². The third-order valence-corrected chi connectivity index (χ3v) is 5.82. The third-order valence-electron chi connectivity index (χ3n) is 4.05. The number of nitrogens with one attached hydrogen (secondary N) is 1. The highest BCUT2D eigenvalue weighted by Crippen LogP contribution is 2.21. The smallest absolute Gasteiger partial charge is 0.307 e. The highest BCUT2D eigenvalue weighted by atomic mass is 32.2. The van der Waals surface area contributed by atoms with Crippen LogP contribution in [0, 0.1) is 20.8 Å². The number of aryl methyl sites for hydroxylation is 3. The van der Waals surface area contributed by atoms with E-state index in [0.29, 0.717) is 16.9 Å². The first-order valence-electron chi connectivity index (χ1n) is 8.85. The summed E-state index contributed by atoms with van der Waals surface area (Å²) < 4.78 is 43.0. The fourth-order valence-corrected chi connectivity index (χ4v) is 4.46. The summed E-state index contributed by atoms with van der Waals surface area (Å²) >= 11 is 0. The number of aromatic nitrogens is 2. The number of esters is 1. The molecule has 0 saturated heterocycles. The molecule has 0 radical (unpaired) electrons. The van der Waals surface area contributed by atoms with E-state index in [9.17, 15) is 13.2 Å². The number of carbonyl (C=O) groups is 1.